The molecule has 1 N–H and O–H groups in total. The van der Waals surface area contributed by atoms with Crippen molar-refractivity contribution in [2.24, 2.45) is 0 Å². The Bertz CT molecular complexity index is 683. The minimum absolute atomic E-state index is 0.0130. The Labute approximate surface area is 116 Å². The molecule has 2 heterocycles. The van der Waals surface area contributed by atoms with Gasteiger partial charge in [0.15, 0.2) is 15.7 Å². The van der Waals surface area contributed by atoms with Crippen molar-refractivity contribution >= 4 is 9.84 Å². The van der Waals surface area contributed by atoms with E-state index in [9.17, 15) is 8.42 Å². The molecule has 1 aliphatic heterocycles. The van der Waals surface area contributed by atoms with Crippen molar-refractivity contribution in [1.29, 1.82) is 0 Å². The predicted octanol–water partition coefficient (Wildman–Crippen LogP) is -0.0610. The molecule has 0 amide bonds. The van der Waals surface area contributed by atoms with Gasteiger partial charge in [-0.25, -0.2) is 8.42 Å². The fraction of sp³-hybridized carbons (Fsp3) is 0.417. The summed E-state index contributed by atoms with van der Waals surface area (Å²) in [5, 5.41) is 14.8. The molecule has 3 rings (SSSR count). The van der Waals surface area contributed by atoms with Crippen LogP contribution in [0.15, 0.2) is 30.3 Å². The zero-order valence-electron chi connectivity index (χ0n) is 10.8. The van der Waals surface area contributed by atoms with Gasteiger partial charge in [0.2, 0.25) is 0 Å². The van der Waals surface area contributed by atoms with E-state index in [0.717, 1.165) is 5.69 Å². The van der Waals surface area contributed by atoms with Crippen molar-refractivity contribution in [3.05, 3.63) is 36.2 Å². The molecular formula is C12H15N5O2S. The lowest BCUT2D eigenvalue weighted by molar-refractivity contribution is 0.535. The van der Waals surface area contributed by atoms with Crippen LogP contribution in [0.2, 0.25) is 0 Å². The quantitative estimate of drug-likeness (QED) is 0.849. The Morgan fingerprint density at radius 1 is 1.30 bits per heavy atom. The predicted molar refractivity (Wildman–Crippen MR) is 73.1 cm³/mol. The smallest absolute Gasteiger partial charge is 0.170 e. The maximum atomic E-state index is 11.4. The molecule has 1 fully saturated rings. The van der Waals surface area contributed by atoms with Gasteiger partial charge >= 0.3 is 0 Å². The molecule has 0 spiro atoms. The van der Waals surface area contributed by atoms with E-state index in [1.807, 2.05) is 30.3 Å². The number of aromatic nitrogens is 4. The Balaban J connectivity index is 1.69. The average molecular weight is 293 g/mol. The lowest BCUT2D eigenvalue weighted by Crippen LogP contribution is -2.30. The number of para-hydroxylation sites is 1. The lowest BCUT2D eigenvalue weighted by Gasteiger charge is -2.10. The maximum Gasteiger partial charge on any atom is 0.170 e. The van der Waals surface area contributed by atoms with Crippen LogP contribution in [0, 0.1) is 0 Å². The molecule has 0 saturated carbocycles. The van der Waals surface area contributed by atoms with Crippen molar-refractivity contribution < 1.29 is 8.42 Å². The molecule has 0 radical (unpaired) electrons. The highest BCUT2D eigenvalue weighted by Gasteiger charge is 2.27. The van der Waals surface area contributed by atoms with Gasteiger partial charge in [0.1, 0.15) is 0 Å². The molecule has 1 aromatic carbocycles. The first-order valence-corrected chi connectivity index (χ1v) is 8.23. The zero-order chi connectivity index (χ0) is 14.0. The summed E-state index contributed by atoms with van der Waals surface area (Å²) in [4.78, 5) is 0. The molecule has 1 aromatic heterocycles. The molecule has 2 aromatic rings. The van der Waals surface area contributed by atoms with Crippen LogP contribution in [0.5, 0.6) is 0 Å². The van der Waals surface area contributed by atoms with Crippen LogP contribution in [0.1, 0.15) is 12.2 Å². The highest BCUT2D eigenvalue weighted by molar-refractivity contribution is 7.91. The Morgan fingerprint density at radius 3 is 2.80 bits per heavy atom. The molecule has 1 aliphatic rings. The summed E-state index contributed by atoms with van der Waals surface area (Å²) in [5.41, 5.74) is 0.883. The molecule has 7 nitrogen and oxygen atoms in total. The maximum absolute atomic E-state index is 11.4. The molecule has 1 atom stereocenters. The second-order valence-electron chi connectivity index (χ2n) is 4.82. The fourth-order valence-electron chi connectivity index (χ4n) is 2.28. The summed E-state index contributed by atoms with van der Waals surface area (Å²) in [6.45, 7) is 0.447. The number of tetrazole rings is 1. The monoisotopic (exact) mass is 293 g/mol. The van der Waals surface area contributed by atoms with Crippen LogP contribution < -0.4 is 5.32 Å². The zero-order valence-corrected chi connectivity index (χ0v) is 11.6. The average Bonchev–Trinajstić information content (AvgIpc) is 3.03. The number of nitrogens with one attached hydrogen (secondary N) is 1. The Hall–Kier alpha value is -1.80. The number of hydrogen-bond donors (Lipinski definition) is 1. The van der Waals surface area contributed by atoms with Gasteiger partial charge in [-0.3, -0.25) is 0 Å². The molecule has 20 heavy (non-hydrogen) atoms. The second-order valence-corrected chi connectivity index (χ2v) is 7.05. The van der Waals surface area contributed by atoms with Gasteiger partial charge < -0.3 is 5.32 Å². The highest BCUT2D eigenvalue weighted by atomic mass is 32.2. The minimum Gasteiger partial charge on any atom is -0.306 e. The number of sulfone groups is 1. The summed E-state index contributed by atoms with van der Waals surface area (Å²) in [6, 6.07) is 9.57. The molecular weight excluding hydrogens is 278 g/mol. The van der Waals surface area contributed by atoms with Crippen LogP contribution in [-0.4, -0.2) is 46.2 Å². The Kier molecular flexibility index (Phi) is 3.49. The third-order valence-corrected chi connectivity index (χ3v) is 5.08. The third-order valence-electron chi connectivity index (χ3n) is 3.32. The van der Waals surface area contributed by atoms with Crippen LogP contribution in [0.3, 0.4) is 0 Å². The molecule has 0 bridgehead atoms. The molecule has 1 unspecified atom stereocenters. The Morgan fingerprint density at radius 2 is 2.10 bits per heavy atom. The largest absolute Gasteiger partial charge is 0.306 e. The van der Waals surface area contributed by atoms with Crippen molar-refractivity contribution in [3.63, 3.8) is 0 Å². The molecule has 1 saturated heterocycles. The summed E-state index contributed by atoms with van der Waals surface area (Å²) in [7, 11) is -2.87. The van der Waals surface area contributed by atoms with Gasteiger partial charge in [0.25, 0.3) is 0 Å². The summed E-state index contributed by atoms with van der Waals surface area (Å²) < 4.78 is 24.5. The SMILES string of the molecule is O=S1(=O)CCC(NCc2nnnn2-c2ccccc2)C1. The number of hydrogen-bond acceptors (Lipinski definition) is 6. The van der Waals surface area contributed by atoms with E-state index in [1.165, 1.54) is 0 Å². The van der Waals surface area contributed by atoms with Crippen molar-refractivity contribution in [2.45, 2.75) is 19.0 Å². The highest BCUT2D eigenvalue weighted by Crippen LogP contribution is 2.12. The van der Waals surface area contributed by atoms with E-state index in [2.05, 4.69) is 20.8 Å². The molecule has 0 aliphatic carbocycles. The lowest BCUT2D eigenvalue weighted by atomic mass is 10.2. The number of benzene rings is 1. The van der Waals surface area contributed by atoms with Gasteiger partial charge in [-0.1, -0.05) is 18.2 Å². The molecule has 106 valence electrons. The van der Waals surface area contributed by atoms with E-state index in [1.54, 1.807) is 4.68 Å². The van der Waals surface area contributed by atoms with E-state index in [-0.39, 0.29) is 17.5 Å². The van der Waals surface area contributed by atoms with Crippen molar-refractivity contribution in [1.82, 2.24) is 25.5 Å². The normalized spacial score (nSPS) is 21.1. The summed E-state index contributed by atoms with van der Waals surface area (Å²) >= 11 is 0. The van der Waals surface area contributed by atoms with Gasteiger partial charge in [-0.15, -0.1) is 5.10 Å². The third kappa shape index (κ3) is 2.86. The van der Waals surface area contributed by atoms with E-state index < -0.39 is 9.84 Å². The van der Waals surface area contributed by atoms with Gasteiger partial charge in [0, 0.05) is 6.04 Å². The molecule has 8 heteroatoms. The van der Waals surface area contributed by atoms with E-state index >= 15 is 0 Å². The first-order valence-electron chi connectivity index (χ1n) is 6.40. The minimum atomic E-state index is -2.87. The van der Waals surface area contributed by atoms with Crippen molar-refractivity contribution in [3.8, 4) is 5.69 Å². The van der Waals surface area contributed by atoms with Crippen LogP contribution in [0.25, 0.3) is 5.69 Å². The van der Waals surface area contributed by atoms with Crippen LogP contribution >= 0.6 is 0 Å². The van der Waals surface area contributed by atoms with E-state index in [0.29, 0.717) is 18.8 Å². The summed E-state index contributed by atoms with van der Waals surface area (Å²) in [6.07, 6.45) is 0.648. The van der Waals surface area contributed by atoms with E-state index in [4.69, 9.17) is 0 Å². The van der Waals surface area contributed by atoms with Gasteiger partial charge in [-0.2, -0.15) is 4.68 Å². The second kappa shape index (κ2) is 5.29. The van der Waals surface area contributed by atoms with Gasteiger partial charge in [0.05, 0.1) is 23.7 Å². The first kappa shape index (κ1) is 13.2. The number of rotatable bonds is 4. The van der Waals surface area contributed by atoms with Crippen molar-refractivity contribution in [2.75, 3.05) is 11.5 Å². The van der Waals surface area contributed by atoms with Crippen LogP contribution in [0.4, 0.5) is 0 Å². The topological polar surface area (TPSA) is 89.8 Å². The standard InChI is InChI=1S/C12H15N5O2S/c18-20(19)7-6-10(9-20)13-8-12-14-15-16-17(12)11-4-2-1-3-5-11/h1-5,10,13H,6-9H2. The fourth-order valence-corrected chi connectivity index (χ4v) is 3.99. The summed E-state index contributed by atoms with van der Waals surface area (Å²) in [5.74, 6) is 1.12. The van der Waals surface area contributed by atoms with Crippen LogP contribution in [-0.2, 0) is 16.4 Å². The number of nitrogens with zero attached hydrogens (tertiary/aromatic N) is 4. The first-order chi connectivity index (χ1) is 9.64. The van der Waals surface area contributed by atoms with Gasteiger partial charge in [-0.05, 0) is 29.0 Å².